The van der Waals surface area contributed by atoms with E-state index in [2.05, 4.69) is 20.6 Å². The summed E-state index contributed by atoms with van der Waals surface area (Å²) in [6.45, 7) is 0.705. The Morgan fingerprint density at radius 2 is 2.21 bits per heavy atom. The molecule has 3 N–H and O–H groups in total. The standard InChI is InChI=1S/C24H24ClFN4O4/c1-32-23-16(25)3-2-4-17(23)29-22-19-20(13(9-26)10-28-24(19)31)30-21(22)15-5-7-27-11-18(15)34-12-14-6-8-33-14/h2-5,7,11,13-14,29-30H,6,8-10,12H2,1H3,(H,28,31). The van der Waals surface area contributed by atoms with E-state index in [-0.39, 0.29) is 18.6 Å². The van der Waals surface area contributed by atoms with Gasteiger partial charge in [-0.25, -0.2) is 0 Å². The van der Waals surface area contributed by atoms with Gasteiger partial charge in [-0.2, -0.15) is 0 Å². The summed E-state index contributed by atoms with van der Waals surface area (Å²) >= 11 is 6.32. The smallest absolute Gasteiger partial charge is 0.255 e. The van der Waals surface area contributed by atoms with Gasteiger partial charge in [-0.05, 0) is 18.2 Å². The topological polar surface area (TPSA) is 97.5 Å². The van der Waals surface area contributed by atoms with Crippen LogP contribution in [0.4, 0.5) is 15.8 Å². The van der Waals surface area contributed by atoms with Gasteiger partial charge in [-0.1, -0.05) is 17.7 Å². The fourth-order valence-electron chi connectivity index (χ4n) is 4.18. The largest absolute Gasteiger partial charge is 0.493 e. The average Bonchev–Trinajstić information content (AvgIpc) is 3.19. The first-order valence-electron chi connectivity index (χ1n) is 11.0. The minimum atomic E-state index is -0.619. The number of para-hydroxylation sites is 1. The van der Waals surface area contributed by atoms with Gasteiger partial charge >= 0.3 is 0 Å². The molecule has 0 aliphatic carbocycles. The highest BCUT2D eigenvalue weighted by atomic mass is 35.5. The highest BCUT2D eigenvalue weighted by Gasteiger charge is 2.34. The van der Waals surface area contributed by atoms with Gasteiger partial charge in [-0.15, -0.1) is 0 Å². The van der Waals surface area contributed by atoms with Gasteiger partial charge in [0, 0.05) is 42.9 Å². The Labute approximate surface area is 200 Å². The van der Waals surface area contributed by atoms with Crippen molar-refractivity contribution in [3.63, 3.8) is 0 Å². The van der Waals surface area contributed by atoms with Gasteiger partial charge in [0.15, 0.2) is 5.75 Å². The Bertz CT molecular complexity index is 1210. The summed E-state index contributed by atoms with van der Waals surface area (Å²) in [5.74, 6) is 0.148. The number of anilines is 2. The van der Waals surface area contributed by atoms with E-state index >= 15 is 0 Å². The fourth-order valence-corrected chi connectivity index (χ4v) is 4.43. The minimum absolute atomic E-state index is 0.0416. The van der Waals surface area contributed by atoms with Crippen LogP contribution in [-0.2, 0) is 4.74 Å². The fraction of sp³-hybridized carbons (Fsp3) is 0.333. The molecule has 4 heterocycles. The number of H-pyrrole nitrogens is 1. The van der Waals surface area contributed by atoms with E-state index in [1.807, 2.05) is 0 Å². The van der Waals surface area contributed by atoms with Crippen molar-refractivity contribution in [1.29, 1.82) is 0 Å². The van der Waals surface area contributed by atoms with E-state index in [1.54, 1.807) is 36.7 Å². The lowest BCUT2D eigenvalue weighted by atomic mass is 9.97. The zero-order valence-corrected chi connectivity index (χ0v) is 19.2. The highest BCUT2D eigenvalue weighted by molar-refractivity contribution is 6.32. The molecule has 10 heteroatoms. The number of pyridine rings is 1. The molecule has 1 amide bonds. The van der Waals surface area contributed by atoms with Crippen LogP contribution in [0.25, 0.3) is 11.3 Å². The summed E-state index contributed by atoms with van der Waals surface area (Å²) in [7, 11) is 1.52. The van der Waals surface area contributed by atoms with Crippen molar-refractivity contribution in [3.05, 3.63) is 52.9 Å². The molecule has 2 unspecified atom stereocenters. The summed E-state index contributed by atoms with van der Waals surface area (Å²) < 4.78 is 30.8. The van der Waals surface area contributed by atoms with Crippen LogP contribution in [0.5, 0.6) is 11.5 Å². The number of hydrogen-bond donors (Lipinski definition) is 3. The molecule has 34 heavy (non-hydrogen) atoms. The lowest BCUT2D eigenvalue weighted by molar-refractivity contribution is -0.0720. The van der Waals surface area contributed by atoms with Gasteiger partial charge in [0.1, 0.15) is 12.4 Å². The number of ether oxygens (including phenoxy) is 3. The molecule has 2 aromatic heterocycles. The molecule has 5 rings (SSSR count). The normalized spacial score (nSPS) is 19.1. The number of aromatic amines is 1. The Morgan fingerprint density at radius 3 is 2.94 bits per heavy atom. The predicted molar refractivity (Wildman–Crippen MR) is 126 cm³/mol. The lowest BCUT2D eigenvalue weighted by Gasteiger charge is -2.26. The number of rotatable bonds is 8. The maximum Gasteiger partial charge on any atom is 0.255 e. The Morgan fingerprint density at radius 1 is 1.35 bits per heavy atom. The molecule has 1 saturated heterocycles. The van der Waals surface area contributed by atoms with Crippen LogP contribution >= 0.6 is 11.6 Å². The molecular weight excluding hydrogens is 463 g/mol. The molecule has 0 spiro atoms. The number of aromatic nitrogens is 2. The maximum absolute atomic E-state index is 13.9. The number of fused-ring (bicyclic) bond motifs is 1. The lowest BCUT2D eigenvalue weighted by Crippen LogP contribution is -2.35. The quantitative estimate of drug-likeness (QED) is 0.435. The molecule has 2 aliphatic rings. The number of carbonyl (C=O) groups is 1. The van der Waals surface area contributed by atoms with Gasteiger partial charge in [0.25, 0.3) is 5.91 Å². The van der Waals surface area contributed by atoms with E-state index in [0.717, 1.165) is 13.0 Å². The number of alkyl halides is 1. The second-order valence-corrected chi connectivity index (χ2v) is 8.54. The SMILES string of the molecule is COc1c(Cl)cccc1Nc1c(-c2ccncc2OCC2CCO2)[nH]c2c1C(=O)NCC2CF. The summed E-state index contributed by atoms with van der Waals surface area (Å²) in [5, 5.41) is 6.50. The number of carbonyl (C=O) groups excluding carboxylic acids is 1. The summed E-state index contributed by atoms with van der Waals surface area (Å²) in [6, 6.07) is 7.06. The first-order chi connectivity index (χ1) is 16.6. The number of methoxy groups -OCH3 is 1. The van der Waals surface area contributed by atoms with Crippen LogP contribution in [0.15, 0.2) is 36.7 Å². The zero-order chi connectivity index (χ0) is 23.7. The molecule has 8 nitrogen and oxygen atoms in total. The molecule has 0 bridgehead atoms. The van der Waals surface area contributed by atoms with Crippen molar-refractivity contribution in [1.82, 2.24) is 15.3 Å². The van der Waals surface area contributed by atoms with Gasteiger partial charge in [0.05, 0.1) is 53.7 Å². The van der Waals surface area contributed by atoms with Crippen molar-refractivity contribution in [2.75, 3.05) is 38.9 Å². The van der Waals surface area contributed by atoms with Crippen molar-refractivity contribution < 1.29 is 23.4 Å². The third-order valence-electron chi connectivity index (χ3n) is 6.06. The summed E-state index contributed by atoms with van der Waals surface area (Å²) in [4.78, 5) is 20.5. The first kappa shape index (κ1) is 22.5. The van der Waals surface area contributed by atoms with Crippen LogP contribution in [0, 0.1) is 0 Å². The van der Waals surface area contributed by atoms with E-state index < -0.39 is 12.6 Å². The maximum atomic E-state index is 13.9. The minimum Gasteiger partial charge on any atom is -0.493 e. The molecule has 0 radical (unpaired) electrons. The number of halogens is 2. The number of hydrogen-bond acceptors (Lipinski definition) is 6. The number of nitrogens with one attached hydrogen (secondary N) is 3. The summed E-state index contributed by atoms with van der Waals surface area (Å²) in [5.41, 5.74) is 3.16. The third-order valence-corrected chi connectivity index (χ3v) is 6.36. The van der Waals surface area contributed by atoms with Crippen molar-refractivity contribution in [2.45, 2.75) is 18.4 Å². The van der Waals surface area contributed by atoms with Crippen LogP contribution in [0.2, 0.25) is 5.02 Å². The molecule has 1 aromatic carbocycles. The molecule has 3 aromatic rings. The average molecular weight is 487 g/mol. The molecular formula is C24H24ClFN4O4. The number of benzene rings is 1. The molecule has 0 saturated carbocycles. The molecule has 1 fully saturated rings. The van der Waals surface area contributed by atoms with Gasteiger partial charge in [0.2, 0.25) is 0 Å². The Kier molecular flexibility index (Phi) is 6.30. The van der Waals surface area contributed by atoms with E-state index in [1.165, 1.54) is 7.11 Å². The van der Waals surface area contributed by atoms with Crippen molar-refractivity contribution in [2.24, 2.45) is 0 Å². The van der Waals surface area contributed by atoms with Gasteiger partial charge < -0.3 is 29.8 Å². The Balaban J connectivity index is 1.63. The first-order valence-corrected chi connectivity index (χ1v) is 11.4. The monoisotopic (exact) mass is 486 g/mol. The van der Waals surface area contributed by atoms with E-state index in [4.69, 9.17) is 25.8 Å². The van der Waals surface area contributed by atoms with E-state index in [9.17, 15) is 9.18 Å². The second-order valence-electron chi connectivity index (χ2n) is 8.13. The molecule has 178 valence electrons. The summed E-state index contributed by atoms with van der Waals surface area (Å²) in [6.07, 6.45) is 4.23. The Hall–Kier alpha value is -3.30. The van der Waals surface area contributed by atoms with Gasteiger partial charge in [-0.3, -0.25) is 14.2 Å². The van der Waals surface area contributed by atoms with Crippen molar-refractivity contribution in [3.8, 4) is 22.8 Å². The molecule has 2 aliphatic heterocycles. The van der Waals surface area contributed by atoms with Crippen LogP contribution in [0.1, 0.15) is 28.4 Å². The van der Waals surface area contributed by atoms with E-state index in [0.29, 0.717) is 57.0 Å². The molecule has 2 atom stereocenters. The zero-order valence-electron chi connectivity index (χ0n) is 18.5. The van der Waals surface area contributed by atoms with Crippen LogP contribution in [-0.4, -0.2) is 55.5 Å². The highest BCUT2D eigenvalue weighted by Crippen LogP contribution is 2.44. The third kappa shape index (κ3) is 4.05. The second kappa shape index (κ2) is 9.52. The van der Waals surface area contributed by atoms with Crippen LogP contribution < -0.4 is 20.1 Å². The number of amides is 1. The van der Waals surface area contributed by atoms with Crippen LogP contribution in [0.3, 0.4) is 0 Å². The predicted octanol–water partition coefficient (Wildman–Crippen LogP) is 4.45. The number of nitrogens with zero attached hydrogens (tertiary/aromatic N) is 1. The van der Waals surface area contributed by atoms with Crippen molar-refractivity contribution >= 4 is 28.9 Å².